The summed E-state index contributed by atoms with van der Waals surface area (Å²) in [5, 5.41) is 3.38. The van der Waals surface area contributed by atoms with Gasteiger partial charge in [-0.2, -0.15) is 0 Å². The minimum absolute atomic E-state index is 0.773. The van der Waals surface area contributed by atoms with Crippen molar-refractivity contribution in [2.24, 2.45) is 0 Å². The van der Waals surface area contributed by atoms with Gasteiger partial charge >= 0.3 is 0 Å². The number of nitrogens with zero attached hydrogens (tertiary/aromatic N) is 3. The molecular weight excluding hydrogens is 200 g/mol. The molecule has 0 amide bonds. The van der Waals surface area contributed by atoms with Crippen molar-refractivity contribution >= 4 is 0 Å². The van der Waals surface area contributed by atoms with Gasteiger partial charge in [0, 0.05) is 25.5 Å². The number of hydrogen-bond acceptors (Lipinski definition) is 4. The van der Waals surface area contributed by atoms with Crippen molar-refractivity contribution in [2.45, 2.75) is 25.8 Å². The van der Waals surface area contributed by atoms with Crippen molar-refractivity contribution in [3.63, 3.8) is 0 Å². The molecule has 0 unspecified atom stereocenters. The van der Waals surface area contributed by atoms with E-state index in [2.05, 4.69) is 20.2 Å². The lowest BCUT2D eigenvalue weighted by atomic mass is 10.1. The van der Waals surface area contributed by atoms with Crippen LogP contribution in [0.4, 0.5) is 0 Å². The Morgan fingerprint density at radius 1 is 1.12 bits per heavy atom. The Kier molecular flexibility index (Phi) is 4.70. The van der Waals surface area contributed by atoms with Crippen LogP contribution in [0.3, 0.4) is 0 Å². The fourth-order valence-corrected chi connectivity index (χ4v) is 2.04. The van der Waals surface area contributed by atoms with Crippen LogP contribution in [0.5, 0.6) is 0 Å². The molecule has 0 radical (unpaired) electrons. The summed E-state index contributed by atoms with van der Waals surface area (Å²) in [6.45, 7) is 5.48. The average molecular weight is 220 g/mol. The standard InChI is InChI=1S/C12H20N4/c1-2-8-16(9-3-1)10-7-13-11-12-14-5-4-6-15-12/h4-6,13H,1-3,7-11H2. The SMILES string of the molecule is c1cnc(CNCCN2CCCCC2)nc1. The molecule has 1 aromatic heterocycles. The van der Waals surface area contributed by atoms with E-state index in [1.165, 1.54) is 32.4 Å². The number of aromatic nitrogens is 2. The van der Waals surface area contributed by atoms with Crippen LogP contribution < -0.4 is 5.32 Å². The molecule has 1 saturated heterocycles. The summed E-state index contributed by atoms with van der Waals surface area (Å²) in [5.74, 6) is 0.876. The summed E-state index contributed by atoms with van der Waals surface area (Å²) in [7, 11) is 0. The number of nitrogens with one attached hydrogen (secondary N) is 1. The molecule has 4 heteroatoms. The van der Waals surface area contributed by atoms with Gasteiger partial charge in [-0.15, -0.1) is 0 Å². The fourth-order valence-electron chi connectivity index (χ4n) is 2.04. The molecule has 1 aliphatic rings. The van der Waals surface area contributed by atoms with Crippen LogP contribution in [0, 0.1) is 0 Å². The molecule has 4 nitrogen and oxygen atoms in total. The number of rotatable bonds is 5. The molecule has 88 valence electrons. The topological polar surface area (TPSA) is 41.1 Å². The van der Waals surface area contributed by atoms with Gasteiger partial charge in [0.1, 0.15) is 5.82 Å². The van der Waals surface area contributed by atoms with Gasteiger partial charge in [0.25, 0.3) is 0 Å². The Morgan fingerprint density at radius 2 is 1.88 bits per heavy atom. The zero-order chi connectivity index (χ0) is 11.1. The van der Waals surface area contributed by atoms with Crippen molar-refractivity contribution in [3.05, 3.63) is 24.3 Å². The Morgan fingerprint density at radius 3 is 2.62 bits per heavy atom. The van der Waals surface area contributed by atoms with Gasteiger partial charge in [-0.1, -0.05) is 6.42 Å². The Hall–Kier alpha value is -1.00. The monoisotopic (exact) mass is 220 g/mol. The number of piperidine rings is 1. The zero-order valence-electron chi connectivity index (χ0n) is 9.73. The van der Waals surface area contributed by atoms with Crippen molar-refractivity contribution in [2.75, 3.05) is 26.2 Å². The van der Waals surface area contributed by atoms with Crippen LogP contribution in [0.15, 0.2) is 18.5 Å². The summed E-state index contributed by atoms with van der Waals surface area (Å²) in [4.78, 5) is 10.9. The van der Waals surface area contributed by atoms with E-state index in [1.54, 1.807) is 12.4 Å². The first-order valence-corrected chi connectivity index (χ1v) is 6.14. The molecule has 1 aliphatic heterocycles. The minimum atomic E-state index is 0.773. The molecule has 0 aromatic carbocycles. The number of likely N-dealkylation sites (tertiary alicyclic amines) is 1. The maximum Gasteiger partial charge on any atom is 0.141 e. The summed E-state index contributed by atoms with van der Waals surface area (Å²) in [6, 6.07) is 1.84. The third kappa shape index (κ3) is 3.87. The second-order valence-electron chi connectivity index (χ2n) is 4.24. The first-order valence-electron chi connectivity index (χ1n) is 6.14. The molecule has 0 spiro atoms. The maximum atomic E-state index is 4.18. The molecule has 1 aromatic rings. The minimum Gasteiger partial charge on any atom is -0.309 e. The van der Waals surface area contributed by atoms with Crippen molar-refractivity contribution in [3.8, 4) is 0 Å². The molecule has 2 heterocycles. The summed E-state index contributed by atoms with van der Waals surface area (Å²) in [5.41, 5.74) is 0. The van der Waals surface area contributed by atoms with Gasteiger partial charge in [0.15, 0.2) is 0 Å². The van der Waals surface area contributed by atoms with E-state index in [0.717, 1.165) is 25.5 Å². The van der Waals surface area contributed by atoms with Crippen LogP contribution in [0.2, 0.25) is 0 Å². The quantitative estimate of drug-likeness (QED) is 0.753. The van der Waals surface area contributed by atoms with Crippen molar-refractivity contribution < 1.29 is 0 Å². The van der Waals surface area contributed by atoms with E-state index < -0.39 is 0 Å². The molecule has 1 fully saturated rings. The molecule has 16 heavy (non-hydrogen) atoms. The predicted octanol–water partition coefficient (Wildman–Crippen LogP) is 1.05. The molecular formula is C12H20N4. The molecule has 2 rings (SSSR count). The Bertz CT molecular complexity index is 282. The molecule has 0 atom stereocenters. The van der Waals surface area contributed by atoms with Crippen molar-refractivity contribution in [1.29, 1.82) is 0 Å². The third-order valence-corrected chi connectivity index (χ3v) is 2.96. The lowest BCUT2D eigenvalue weighted by Gasteiger charge is -2.26. The van der Waals surface area contributed by atoms with Gasteiger partial charge in [-0.25, -0.2) is 9.97 Å². The highest BCUT2D eigenvalue weighted by Crippen LogP contribution is 2.07. The molecule has 0 bridgehead atoms. The van der Waals surface area contributed by atoms with Crippen LogP contribution in [-0.2, 0) is 6.54 Å². The van der Waals surface area contributed by atoms with E-state index in [-0.39, 0.29) is 0 Å². The van der Waals surface area contributed by atoms with E-state index in [4.69, 9.17) is 0 Å². The summed E-state index contributed by atoms with van der Waals surface area (Å²) < 4.78 is 0. The average Bonchev–Trinajstić information content (AvgIpc) is 2.37. The summed E-state index contributed by atoms with van der Waals surface area (Å²) in [6.07, 6.45) is 7.70. The first-order chi connectivity index (χ1) is 7.95. The molecule has 0 aliphatic carbocycles. The fraction of sp³-hybridized carbons (Fsp3) is 0.667. The van der Waals surface area contributed by atoms with E-state index in [9.17, 15) is 0 Å². The van der Waals surface area contributed by atoms with E-state index >= 15 is 0 Å². The van der Waals surface area contributed by atoms with Crippen LogP contribution >= 0.6 is 0 Å². The number of hydrogen-bond donors (Lipinski definition) is 1. The van der Waals surface area contributed by atoms with Crippen LogP contribution in [-0.4, -0.2) is 41.0 Å². The Balaban J connectivity index is 1.58. The maximum absolute atomic E-state index is 4.18. The van der Waals surface area contributed by atoms with Gasteiger partial charge < -0.3 is 10.2 Å². The lowest BCUT2D eigenvalue weighted by Crippen LogP contribution is -2.35. The second kappa shape index (κ2) is 6.55. The normalized spacial score (nSPS) is 17.5. The van der Waals surface area contributed by atoms with Gasteiger partial charge in [0.05, 0.1) is 6.54 Å². The van der Waals surface area contributed by atoms with Gasteiger partial charge in [-0.05, 0) is 32.0 Å². The van der Waals surface area contributed by atoms with Crippen molar-refractivity contribution in [1.82, 2.24) is 20.2 Å². The lowest BCUT2D eigenvalue weighted by molar-refractivity contribution is 0.229. The molecule has 0 saturated carbocycles. The van der Waals surface area contributed by atoms with Crippen LogP contribution in [0.25, 0.3) is 0 Å². The highest BCUT2D eigenvalue weighted by atomic mass is 15.1. The summed E-state index contributed by atoms with van der Waals surface area (Å²) >= 11 is 0. The van der Waals surface area contributed by atoms with E-state index in [0.29, 0.717) is 0 Å². The van der Waals surface area contributed by atoms with Gasteiger partial charge in [-0.3, -0.25) is 0 Å². The highest BCUT2D eigenvalue weighted by molar-refractivity contribution is 4.87. The smallest absolute Gasteiger partial charge is 0.141 e. The first kappa shape index (κ1) is 11.5. The molecule has 1 N–H and O–H groups in total. The largest absolute Gasteiger partial charge is 0.309 e. The van der Waals surface area contributed by atoms with Crippen LogP contribution in [0.1, 0.15) is 25.1 Å². The third-order valence-electron chi connectivity index (χ3n) is 2.96. The predicted molar refractivity (Wildman–Crippen MR) is 64.0 cm³/mol. The zero-order valence-corrected chi connectivity index (χ0v) is 9.73. The second-order valence-corrected chi connectivity index (χ2v) is 4.24. The van der Waals surface area contributed by atoms with Gasteiger partial charge in [0.2, 0.25) is 0 Å². The van der Waals surface area contributed by atoms with E-state index in [1.807, 2.05) is 6.07 Å². The Labute approximate surface area is 97.1 Å². The highest BCUT2D eigenvalue weighted by Gasteiger charge is 2.08.